The number of nitrogens with one attached hydrogen (secondary N) is 2. The normalized spacial score (nSPS) is 10.6. The number of aromatic amines is 1. The Hall–Kier alpha value is -2.27. The maximum absolute atomic E-state index is 12.2. The zero-order chi connectivity index (χ0) is 18.6. The van der Waals surface area contributed by atoms with Crippen LogP contribution in [0.1, 0.15) is 46.2 Å². The van der Waals surface area contributed by atoms with E-state index in [1.54, 1.807) is 13.0 Å². The molecule has 0 radical (unpaired) electrons. The predicted octanol–water partition coefficient (Wildman–Crippen LogP) is 4.34. The standard InChI is InChI=1S/C19H23ClN2O3/c1-5-25-19(24)18-12(3)15(13(4)21-18)8-9-17(23)22-14-7-6-11(2)16(20)10-14/h6-7,10,21H,5,8-9H2,1-4H3,(H,22,23). The number of benzene rings is 1. The third-order valence-corrected chi connectivity index (χ3v) is 4.54. The van der Waals surface area contributed by atoms with Crippen LogP contribution in [0.3, 0.4) is 0 Å². The first-order chi connectivity index (χ1) is 11.8. The van der Waals surface area contributed by atoms with Gasteiger partial charge in [0, 0.05) is 22.8 Å². The minimum absolute atomic E-state index is 0.0994. The zero-order valence-electron chi connectivity index (χ0n) is 15.0. The molecule has 0 saturated heterocycles. The van der Waals surface area contributed by atoms with E-state index in [4.69, 9.17) is 16.3 Å². The molecule has 2 aromatic rings. The molecule has 2 rings (SSSR count). The number of anilines is 1. The van der Waals surface area contributed by atoms with Crippen molar-refractivity contribution in [1.29, 1.82) is 0 Å². The van der Waals surface area contributed by atoms with Gasteiger partial charge in [-0.15, -0.1) is 0 Å². The van der Waals surface area contributed by atoms with Gasteiger partial charge in [-0.3, -0.25) is 4.79 Å². The zero-order valence-corrected chi connectivity index (χ0v) is 15.7. The summed E-state index contributed by atoms with van der Waals surface area (Å²) in [5.74, 6) is -0.467. The van der Waals surface area contributed by atoms with Crippen molar-refractivity contribution < 1.29 is 14.3 Å². The van der Waals surface area contributed by atoms with Gasteiger partial charge in [-0.1, -0.05) is 17.7 Å². The Kier molecular flexibility index (Phi) is 6.26. The lowest BCUT2D eigenvalue weighted by Gasteiger charge is -2.07. The minimum Gasteiger partial charge on any atom is -0.461 e. The molecule has 0 atom stereocenters. The number of carbonyl (C=O) groups is 2. The third-order valence-electron chi connectivity index (χ3n) is 4.13. The first-order valence-electron chi connectivity index (χ1n) is 8.24. The SMILES string of the molecule is CCOC(=O)c1[nH]c(C)c(CCC(=O)Nc2ccc(C)c(Cl)c2)c1C. The number of H-pyrrole nitrogens is 1. The van der Waals surface area contributed by atoms with E-state index in [2.05, 4.69) is 10.3 Å². The lowest BCUT2D eigenvalue weighted by Crippen LogP contribution is -2.12. The van der Waals surface area contributed by atoms with Gasteiger partial charge in [0.25, 0.3) is 0 Å². The molecule has 1 heterocycles. The molecule has 6 heteroatoms. The second-order valence-corrected chi connectivity index (χ2v) is 6.37. The lowest BCUT2D eigenvalue weighted by atomic mass is 10.0. The van der Waals surface area contributed by atoms with Crippen LogP contribution < -0.4 is 5.32 Å². The van der Waals surface area contributed by atoms with E-state index in [-0.39, 0.29) is 11.9 Å². The number of carbonyl (C=O) groups excluding carboxylic acids is 2. The van der Waals surface area contributed by atoms with E-state index in [0.717, 1.165) is 22.4 Å². The number of hydrogen-bond donors (Lipinski definition) is 2. The molecule has 0 saturated carbocycles. The van der Waals surface area contributed by atoms with Gasteiger partial charge in [-0.05, 0) is 62.9 Å². The molecule has 0 bridgehead atoms. The number of ether oxygens (including phenoxy) is 1. The van der Waals surface area contributed by atoms with Gasteiger partial charge < -0.3 is 15.0 Å². The van der Waals surface area contributed by atoms with Crippen LogP contribution in [-0.2, 0) is 16.0 Å². The number of esters is 1. The highest BCUT2D eigenvalue weighted by Gasteiger charge is 2.18. The summed E-state index contributed by atoms with van der Waals surface area (Å²) in [6.07, 6.45) is 0.853. The maximum atomic E-state index is 12.2. The highest BCUT2D eigenvalue weighted by molar-refractivity contribution is 6.31. The number of amides is 1. The van der Waals surface area contributed by atoms with Crippen LogP contribution in [0.25, 0.3) is 0 Å². The molecular weight excluding hydrogens is 340 g/mol. The van der Waals surface area contributed by atoms with Gasteiger partial charge in [0.2, 0.25) is 5.91 Å². The van der Waals surface area contributed by atoms with Gasteiger partial charge >= 0.3 is 5.97 Å². The van der Waals surface area contributed by atoms with Crippen LogP contribution in [0, 0.1) is 20.8 Å². The molecule has 1 aromatic heterocycles. The summed E-state index contributed by atoms with van der Waals surface area (Å²) in [7, 11) is 0. The molecule has 0 aliphatic heterocycles. The molecule has 134 valence electrons. The fourth-order valence-electron chi connectivity index (χ4n) is 2.70. The van der Waals surface area contributed by atoms with Crippen LogP contribution in [0.2, 0.25) is 5.02 Å². The molecule has 0 fully saturated rings. The summed E-state index contributed by atoms with van der Waals surface area (Å²) in [6, 6.07) is 5.43. The molecule has 1 aromatic carbocycles. The van der Waals surface area contributed by atoms with Crippen LogP contribution in [0.5, 0.6) is 0 Å². The average Bonchev–Trinajstić information content (AvgIpc) is 2.84. The monoisotopic (exact) mass is 362 g/mol. The molecule has 0 aliphatic carbocycles. The molecule has 1 amide bonds. The molecule has 0 spiro atoms. The Morgan fingerprint density at radius 1 is 1.24 bits per heavy atom. The summed E-state index contributed by atoms with van der Waals surface area (Å²) in [4.78, 5) is 27.2. The van der Waals surface area contributed by atoms with Crippen LogP contribution >= 0.6 is 11.6 Å². The number of hydrogen-bond acceptors (Lipinski definition) is 3. The van der Waals surface area contributed by atoms with E-state index in [0.29, 0.717) is 35.9 Å². The highest BCUT2D eigenvalue weighted by Crippen LogP contribution is 2.22. The summed E-state index contributed by atoms with van der Waals surface area (Å²) in [6.45, 7) is 7.76. The number of halogens is 1. The maximum Gasteiger partial charge on any atom is 0.355 e. The van der Waals surface area contributed by atoms with Crippen molar-refractivity contribution in [2.24, 2.45) is 0 Å². The van der Waals surface area contributed by atoms with E-state index in [1.807, 2.05) is 32.9 Å². The van der Waals surface area contributed by atoms with E-state index < -0.39 is 0 Å². The molecule has 0 aliphatic rings. The second kappa shape index (κ2) is 8.21. The third kappa shape index (κ3) is 4.63. The van der Waals surface area contributed by atoms with Gasteiger partial charge in [-0.2, -0.15) is 0 Å². The number of aryl methyl sites for hydroxylation is 2. The summed E-state index contributed by atoms with van der Waals surface area (Å²) in [5, 5.41) is 3.46. The Morgan fingerprint density at radius 2 is 1.96 bits per heavy atom. The van der Waals surface area contributed by atoms with Crippen molar-refractivity contribution in [2.75, 3.05) is 11.9 Å². The Morgan fingerprint density at radius 3 is 2.60 bits per heavy atom. The Bertz CT molecular complexity index is 796. The van der Waals surface area contributed by atoms with Crippen LogP contribution in [0.15, 0.2) is 18.2 Å². The van der Waals surface area contributed by atoms with Gasteiger partial charge in [0.05, 0.1) is 6.61 Å². The average molecular weight is 363 g/mol. The molecule has 0 unspecified atom stereocenters. The minimum atomic E-state index is -0.368. The highest BCUT2D eigenvalue weighted by atomic mass is 35.5. The quantitative estimate of drug-likeness (QED) is 0.751. The van der Waals surface area contributed by atoms with E-state index in [9.17, 15) is 9.59 Å². The smallest absolute Gasteiger partial charge is 0.355 e. The molecule has 25 heavy (non-hydrogen) atoms. The lowest BCUT2D eigenvalue weighted by molar-refractivity contribution is -0.116. The van der Waals surface area contributed by atoms with E-state index >= 15 is 0 Å². The Balaban J connectivity index is 2.02. The first kappa shape index (κ1) is 19.1. The van der Waals surface area contributed by atoms with Crippen molar-refractivity contribution in [3.8, 4) is 0 Å². The number of aromatic nitrogens is 1. The van der Waals surface area contributed by atoms with Gasteiger partial charge in [0.1, 0.15) is 5.69 Å². The van der Waals surface area contributed by atoms with Crippen molar-refractivity contribution in [3.05, 3.63) is 51.3 Å². The summed E-state index contributed by atoms with van der Waals surface area (Å²) >= 11 is 6.07. The molecular formula is C19H23ClN2O3. The van der Waals surface area contributed by atoms with Gasteiger partial charge in [-0.25, -0.2) is 4.79 Å². The second-order valence-electron chi connectivity index (χ2n) is 5.96. The van der Waals surface area contributed by atoms with E-state index in [1.165, 1.54) is 0 Å². The largest absolute Gasteiger partial charge is 0.461 e. The topological polar surface area (TPSA) is 71.2 Å². The Labute approximate surface area is 152 Å². The van der Waals surface area contributed by atoms with Crippen LogP contribution in [-0.4, -0.2) is 23.5 Å². The summed E-state index contributed by atoms with van der Waals surface area (Å²) in [5.41, 5.74) is 4.79. The predicted molar refractivity (Wildman–Crippen MR) is 99.4 cm³/mol. The van der Waals surface area contributed by atoms with Crippen molar-refractivity contribution >= 4 is 29.2 Å². The molecule has 2 N–H and O–H groups in total. The summed E-state index contributed by atoms with van der Waals surface area (Å²) < 4.78 is 5.04. The van der Waals surface area contributed by atoms with Crippen molar-refractivity contribution in [3.63, 3.8) is 0 Å². The van der Waals surface area contributed by atoms with Crippen molar-refractivity contribution in [1.82, 2.24) is 4.98 Å². The van der Waals surface area contributed by atoms with Gasteiger partial charge in [0.15, 0.2) is 0 Å². The molecule has 5 nitrogen and oxygen atoms in total. The first-order valence-corrected chi connectivity index (χ1v) is 8.62. The van der Waals surface area contributed by atoms with Crippen LogP contribution in [0.4, 0.5) is 5.69 Å². The number of rotatable bonds is 6. The fourth-order valence-corrected chi connectivity index (χ4v) is 2.88. The fraction of sp³-hybridized carbons (Fsp3) is 0.368. The van der Waals surface area contributed by atoms with Crippen molar-refractivity contribution in [2.45, 2.75) is 40.5 Å².